The van der Waals surface area contributed by atoms with Crippen molar-refractivity contribution in [3.63, 3.8) is 0 Å². The number of nitrogens with one attached hydrogen (secondary N) is 1. The van der Waals surface area contributed by atoms with Crippen LogP contribution in [0.25, 0.3) is 0 Å². The Morgan fingerprint density at radius 2 is 1.80 bits per heavy atom. The molecule has 102 valence electrons. The second-order valence-electron chi connectivity index (χ2n) is 4.08. The first-order valence-electron chi connectivity index (χ1n) is 5.90. The molecule has 0 fully saturated rings. The van der Waals surface area contributed by atoms with Gasteiger partial charge in [0.15, 0.2) is 0 Å². The van der Waals surface area contributed by atoms with Gasteiger partial charge < -0.3 is 10.1 Å². The molecule has 4 nitrogen and oxygen atoms in total. The van der Waals surface area contributed by atoms with Crippen molar-refractivity contribution < 1.29 is 18.7 Å². The Bertz CT molecular complexity index is 638. The highest BCUT2D eigenvalue weighted by atomic mass is 19.1. The smallest absolute Gasteiger partial charge is 0.308 e. The second kappa shape index (κ2) is 5.97. The van der Waals surface area contributed by atoms with Gasteiger partial charge in [0, 0.05) is 18.2 Å². The highest BCUT2D eigenvalue weighted by Crippen LogP contribution is 2.16. The molecule has 0 aliphatic rings. The van der Waals surface area contributed by atoms with Crippen molar-refractivity contribution in [3.05, 3.63) is 59.9 Å². The molecule has 0 aromatic heterocycles. The fourth-order valence-electron chi connectivity index (χ4n) is 1.60. The quantitative estimate of drug-likeness (QED) is 0.691. The summed E-state index contributed by atoms with van der Waals surface area (Å²) in [5, 5.41) is 2.62. The Kier molecular flexibility index (Phi) is 4.10. The number of anilines is 1. The van der Waals surface area contributed by atoms with Crippen molar-refractivity contribution in [3.8, 4) is 5.75 Å². The standard InChI is InChI=1S/C15H12FNO3/c1-10(18)20-14-4-2-3-11(9-14)15(19)17-13-7-5-12(16)6-8-13/h2-9H,1H3,(H,17,19). The number of ether oxygens (including phenoxy) is 1. The first kappa shape index (κ1) is 13.7. The lowest BCUT2D eigenvalue weighted by atomic mass is 10.2. The maximum Gasteiger partial charge on any atom is 0.308 e. The van der Waals surface area contributed by atoms with E-state index in [1.54, 1.807) is 18.2 Å². The Hall–Kier alpha value is -2.69. The van der Waals surface area contributed by atoms with Crippen LogP contribution in [0.5, 0.6) is 5.75 Å². The lowest BCUT2D eigenvalue weighted by molar-refractivity contribution is -0.131. The summed E-state index contributed by atoms with van der Waals surface area (Å²) >= 11 is 0. The molecule has 0 spiro atoms. The van der Waals surface area contributed by atoms with Gasteiger partial charge in [0.2, 0.25) is 0 Å². The predicted octanol–water partition coefficient (Wildman–Crippen LogP) is 3.00. The van der Waals surface area contributed by atoms with Gasteiger partial charge in [-0.25, -0.2) is 4.39 Å². The van der Waals surface area contributed by atoms with Gasteiger partial charge in [-0.05, 0) is 42.5 Å². The number of esters is 1. The molecule has 0 heterocycles. The molecular weight excluding hydrogens is 261 g/mol. The Labute approximate surface area is 115 Å². The summed E-state index contributed by atoms with van der Waals surface area (Å²) in [6, 6.07) is 11.7. The van der Waals surface area contributed by atoms with Gasteiger partial charge in [-0.3, -0.25) is 9.59 Å². The second-order valence-corrected chi connectivity index (χ2v) is 4.08. The minimum absolute atomic E-state index is 0.296. The average Bonchev–Trinajstić information content (AvgIpc) is 2.41. The number of amides is 1. The van der Waals surface area contributed by atoms with Gasteiger partial charge in [-0.15, -0.1) is 0 Å². The Morgan fingerprint density at radius 1 is 1.10 bits per heavy atom. The summed E-state index contributed by atoms with van der Waals surface area (Å²) in [6.45, 7) is 1.28. The molecule has 0 aliphatic carbocycles. The van der Waals surface area contributed by atoms with E-state index in [-0.39, 0.29) is 11.7 Å². The number of carbonyl (C=O) groups is 2. The molecule has 0 radical (unpaired) electrons. The van der Waals surface area contributed by atoms with E-state index >= 15 is 0 Å². The lowest BCUT2D eigenvalue weighted by Crippen LogP contribution is -2.12. The normalized spacial score (nSPS) is 9.90. The molecule has 5 heteroatoms. The molecule has 2 rings (SSSR count). The minimum Gasteiger partial charge on any atom is -0.427 e. The molecule has 1 amide bonds. The first-order valence-corrected chi connectivity index (χ1v) is 5.90. The van der Waals surface area contributed by atoms with Gasteiger partial charge in [0.05, 0.1) is 0 Å². The average molecular weight is 273 g/mol. The number of hydrogen-bond acceptors (Lipinski definition) is 3. The van der Waals surface area contributed by atoms with E-state index in [9.17, 15) is 14.0 Å². The van der Waals surface area contributed by atoms with Crippen molar-refractivity contribution in [1.82, 2.24) is 0 Å². The molecule has 1 N–H and O–H groups in total. The van der Waals surface area contributed by atoms with E-state index < -0.39 is 5.97 Å². The van der Waals surface area contributed by atoms with Crippen molar-refractivity contribution in [2.75, 3.05) is 5.32 Å². The van der Waals surface area contributed by atoms with Crippen molar-refractivity contribution in [2.45, 2.75) is 6.92 Å². The largest absolute Gasteiger partial charge is 0.427 e. The van der Waals surface area contributed by atoms with Crippen LogP contribution in [0.1, 0.15) is 17.3 Å². The van der Waals surface area contributed by atoms with E-state index in [2.05, 4.69) is 5.32 Å². The van der Waals surface area contributed by atoms with E-state index in [1.807, 2.05) is 0 Å². The number of hydrogen-bond donors (Lipinski definition) is 1. The van der Waals surface area contributed by atoms with E-state index in [4.69, 9.17) is 4.74 Å². The Balaban J connectivity index is 2.12. The lowest BCUT2D eigenvalue weighted by Gasteiger charge is -2.07. The third-order valence-electron chi connectivity index (χ3n) is 2.46. The summed E-state index contributed by atoms with van der Waals surface area (Å²) in [7, 11) is 0. The third kappa shape index (κ3) is 3.65. The van der Waals surface area contributed by atoms with Crippen LogP contribution >= 0.6 is 0 Å². The summed E-state index contributed by atoms with van der Waals surface area (Å²) in [6.07, 6.45) is 0. The highest BCUT2D eigenvalue weighted by Gasteiger charge is 2.08. The molecule has 2 aromatic rings. The maximum atomic E-state index is 12.8. The molecule has 0 aliphatic heterocycles. The fraction of sp³-hybridized carbons (Fsp3) is 0.0667. The molecule has 20 heavy (non-hydrogen) atoms. The molecule has 0 bridgehead atoms. The fourth-order valence-corrected chi connectivity index (χ4v) is 1.60. The van der Waals surface area contributed by atoms with Crippen LogP contribution in [0.2, 0.25) is 0 Å². The third-order valence-corrected chi connectivity index (χ3v) is 2.46. The van der Waals surface area contributed by atoms with Gasteiger partial charge in [0.1, 0.15) is 11.6 Å². The van der Waals surface area contributed by atoms with Crippen LogP contribution in [-0.2, 0) is 4.79 Å². The summed E-state index contributed by atoms with van der Waals surface area (Å²) in [4.78, 5) is 22.9. The van der Waals surface area contributed by atoms with Crippen LogP contribution in [0.15, 0.2) is 48.5 Å². The Morgan fingerprint density at radius 3 is 2.45 bits per heavy atom. The van der Waals surface area contributed by atoms with Crippen LogP contribution in [0.3, 0.4) is 0 Å². The van der Waals surface area contributed by atoms with Gasteiger partial charge in [0.25, 0.3) is 5.91 Å². The monoisotopic (exact) mass is 273 g/mol. The molecule has 0 unspecified atom stereocenters. The van der Waals surface area contributed by atoms with Crippen LogP contribution in [0.4, 0.5) is 10.1 Å². The van der Waals surface area contributed by atoms with Gasteiger partial charge in [-0.2, -0.15) is 0 Å². The van der Waals surface area contributed by atoms with E-state index in [0.717, 1.165) is 0 Å². The highest BCUT2D eigenvalue weighted by molar-refractivity contribution is 6.04. The summed E-state index contributed by atoms with van der Waals surface area (Å²) in [5.74, 6) is -0.907. The maximum absolute atomic E-state index is 12.8. The molecule has 0 saturated heterocycles. The topological polar surface area (TPSA) is 55.4 Å². The predicted molar refractivity (Wildman–Crippen MR) is 72.1 cm³/mol. The summed E-state index contributed by atoms with van der Waals surface area (Å²) in [5.41, 5.74) is 0.822. The van der Waals surface area contributed by atoms with Gasteiger partial charge in [-0.1, -0.05) is 6.07 Å². The molecule has 2 aromatic carbocycles. The molecule has 0 saturated carbocycles. The van der Waals surface area contributed by atoms with Crippen molar-refractivity contribution in [1.29, 1.82) is 0 Å². The molecular formula is C15H12FNO3. The first-order chi connectivity index (χ1) is 9.54. The van der Waals surface area contributed by atoms with Crippen molar-refractivity contribution in [2.24, 2.45) is 0 Å². The van der Waals surface area contributed by atoms with Crippen LogP contribution in [0, 0.1) is 5.82 Å². The van der Waals surface area contributed by atoms with Gasteiger partial charge >= 0.3 is 5.97 Å². The number of benzene rings is 2. The van der Waals surface area contributed by atoms with Crippen LogP contribution in [-0.4, -0.2) is 11.9 Å². The zero-order valence-electron chi connectivity index (χ0n) is 10.7. The zero-order chi connectivity index (χ0) is 14.5. The van der Waals surface area contributed by atoms with Crippen molar-refractivity contribution >= 4 is 17.6 Å². The SMILES string of the molecule is CC(=O)Oc1cccc(C(=O)Nc2ccc(F)cc2)c1. The number of rotatable bonds is 3. The number of halogens is 1. The summed E-state index contributed by atoms with van der Waals surface area (Å²) < 4.78 is 17.7. The minimum atomic E-state index is -0.457. The molecule has 0 atom stereocenters. The number of carbonyl (C=O) groups excluding carboxylic acids is 2. The van der Waals surface area contributed by atoms with E-state index in [0.29, 0.717) is 17.0 Å². The zero-order valence-corrected chi connectivity index (χ0v) is 10.7. The van der Waals surface area contributed by atoms with E-state index in [1.165, 1.54) is 37.3 Å². The van der Waals surface area contributed by atoms with Crippen LogP contribution < -0.4 is 10.1 Å².